The van der Waals surface area contributed by atoms with Crippen molar-refractivity contribution in [2.24, 2.45) is 17.8 Å². The molecule has 3 unspecified atom stereocenters. The Morgan fingerprint density at radius 3 is 2.86 bits per heavy atom. The molecule has 3 N–H and O–H groups in total. The van der Waals surface area contributed by atoms with Crippen LogP contribution < -0.4 is 20.3 Å². The van der Waals surface area contributed by atoms with E-state index in [9.17, 15) is 14.8 Å². The molecule has 184 valence electrons. The van der Waals surface area contributed by atoms with E-state index < -0.39 is 7.12 Å². The van der Waals surface area contributed by atoms with Gasteiger partial charge in [-0.15, -0.1) is 0 Å². The minimum Gasteiger partial charge on any atom is -0.454 e. The predicted molar refractivity (Wildman–Crippen MR) is 132 cm³/mol. The highest BCUT2D eigenvalue weighted by Crippen LogP contribution is 2.58. The second-order valence-electron chi connectivity index (χ2n) is 10.7. The number of nitrogens with one attached hydrogen (secondary N) is 1. The number of aryl methyl sites for hydroxylation is 1. The molecule has 4 aliphatic rings. The molecule has 35 heavy (non-hydrogen) atoms. The molecule has 2 fully saturated rings. The van der Waals surface area contributed by atoms with E-state index in [1.807, 2.05) is 30.3 Å². The number of rotatable bonds is 5. The van der Waals surface area contributed by atoms with Crippen molar-refractivity contribution < 1.29 is 29.1 Å². The molecule has 2 aliphatic heterocycles. The summed E-state index contributed by atoms with van der Waals surface area (Å²) < 4.78 is 17.2. The number of anilines is 1. The van der Waals surface area contributed by atoms with Crippen LogP contribution in [0.15, 0.2) is 36.4 Å². The molecule has 0 bridgehead atoms. The van der Waals surface area contributed by atoms with Gasteiger partial charge in [-0.1, -0.05) is 18.2 Å². The van der Waals surface area contributed by atoms with Gasteiger partial charge in [-0.05, 0) is 91.4 Å². The highest BCUT2D eigenvalue weighted by Gasteiger charge is 2.55. The predicted octanol–water partition coefficient (Wildman–Crippen LogP) is 2.98. The Morgan fingerprint density at radius 1 is 1.14 bits per heavy atom. The number of ether oxygens (including phenoxy) is 3. The van der Waals surface area contributed by atoms with Crippen molar-refractivity contribution in [3.05, 3.63) is 47.5 Å². The van der Waals surface area contributed by atoms with E-state index >= 15 is 0 Å². The lowest BCUT2D eigenvalue weighted by atomic mass is 9.56. The van der Waals surface area contributed by atoms with Crippen LogP contribution in [0.3, 0.4) is 0 Å². The highest BCUT2D eigenvalue weighted by atomic mass is 16.7. The van der Waals surface area contributed by atoms with Crippen LogP contribution >= 0.6 is 0 Å². The Kier molecular flexibility index (Phi) is 5.78. The summed E-state index contributed by atoms with van der Waals surface area (Å²) in [6.07, 6.45) is 5.39. The molecule has 1 saturated carbocycles. The maximum Gasteiger partial charge on any atom is 0.488 e. The lowest BCUT2D eigenvalue weighted by molar-refractivity contribution is -0.116. The summed E-state index contributed by atoms with van der Waals surface area (Å²) in [5.41, 5.74) is 3.77. The zero-order valence-corrected chi connectivity index (χ0v) is 20.0. The van der Waals surface area contributed by atoms with Gasteiger partial charge in [-0.2, -0.15) is 0 Å². The van der Waals surface area contributed by atoms with E-state index in [-0.39, 0.29) is 18.3 Å². The molecule has 1 amide bonds. The Bertz CT molecular complexity index is 1140. The van der Waals surface area contributed by atoms with Crippen molar-refractivity contribution in [1.82, 2.24) is 0 Å². The Morgan fingerprint density at radius 2 is 2.00 bits per heavy atom. The Hall–Kier alpha value is -2.55. The third-order valence-electron chi connectivity index (χ3n) is 8.78. The Balaban J connectivity index is 1.14. The first-order valence-corrected chi connectivity index (χ1v) is 12.7. The summed E-state index contributed by atoms with van der Waals surface area (Å²) in [5, 5.41) is 22.2. The smallest absolute Gasteiger partial charge is 0.454 e. The van der Waals surface area contributed by atoms with Crippen molar-refractivity contribution in [1.29, 1.82) is 0 Å². The molecular formula is C27H32BNO6. The first-order chi connectivity index (χ1) is 16.9. The molecule has 2 heterocycles. The number of carbonyl (C=O) groups excluding carboxylic acids is 1. The second-order valence-corrected chi connectivity index (χ2v) is 10.7. The van der Waals surface area contributed by atoms with Crippen molar-refractivity contribution in [3.8, 4) is 11.5 Å². The molecule has 2 aromatic rings. The maximum absolute atomic E-state index is 12.8. The van der Waals surface area contributed by atoms with Crippen molar-refractivity contribution in [2.75, 3.05) is 18.7 Å². The van der Waals surface area contributed by atoms with Crippen LogP contribution in [0.5, 0.6) is 11.5 Å². The Labute approximate surface area is 205 Å². The molecule has 0 spiro atoms. The summed E-state index contributed by atoms with van der Waals surface area (Å²) in [6.45, 7) is 3.19. The number of amides is 1. The standard InChI is InChI=1S/C27H32BNO6/c1-27-11-10-21-20-7-4-18(28(31)32)12-16(20)2-6-22(21)26(27)17(14-35-27)3-9-25(30)29-19-5-8-23-24(13-19)34-15-33-23/h4-5,7-8,12-13,17,21-22,26,31-32H,2-3,6,9-11,14-15H2,1H3,(H,29,30)/t17-,21?,22?,26?,27+/m1/s1. The van der Waals surface area contributed by atoms with E-state index in [1.54, 1.807) is 0 Å². The monoisotopic (exact) mass is 477 g/mol. The highest BCUT2D eigenvalue weighted by molar-refractivity contribution is 6.58. The summed E-state index contributed by atoms with van der Waals surface area (Å²) >= 11 is 0. The average Bonchev–Trinajstić information content (AvgIpc) is 3.45. The van der Waals surface area contributed by atoms with Gasteiger partial charge in [0, 0.05) is 18.2 Å². The molecule has 8 heteroatoms. The van der Waals surface area contributed by atoms with E-state index in [2.05, 4.69) is 18.3 Å². The van der Waals surface area contributed by atoms with Crippen LogP contribution in [0.4, 0.5) is 5.69 Å². The maximum atomic E-state index is 12.8. The number of fused-ring (bicyclic) bond motifs is 6. The molecule has 0 radical (unpaired) electrons. The van der Waals surface area contributed by atoms with Gasteiger partial charge in [0.2, 0.25) is 12.7 Å². The van der Waals surface area contributed by atoms with Gasteiger partial charge in [0.1, 0.15) is 0 Å². The van der Waals surface area contributed by atoms with Crippen LogP contribution in [-0.2, 0) is 16.0 Å². The van der Waals surface area contributed by atoms with Crippen LogP contribution in [0, 0.1) is 17.8 Å². The zero-order valence-electron chi connectivity index (χ0n) is 20.0. The molecular weight excluding hydrogens is 445 g/mol. The van der Waals surface area contributed by atoms with Gasteiger partial charge >= 0.3 is 7.12 Å². The quantitative estimate of drug-likeness (QED) is 0.573. The van der Waals surface area contributed by atoms with E-state index in [1.165, 1.54) is 11.1 Å². The molecule has 5 atom stereocenters. The molecule has 1 saturated heterocycles. The normalized spacial score (nSPS) is 30.3. The molecule has 2 aromatic carbocycles. The average molecular weight is 477 g/mol. The fraction of sp³-hybridized carbons (Fsp3) is 0.519. The van der Waals surface area contributed by atoms with Crippen molar-refractivity contribution in [3.63, 3.8) is 0 Å². The minimum absolute atomic E-state index is 0.00825. The number of hydrogen-bond acceptors (Lipinski definition) is 6. The summed E-state index contributed by atoms with van der Waals surface area (Å²) in [7, 11) is -1.43. The van der Waals surface area contributed by atoms with Gasteiger partial charge in [0.25, 0.3) is 0 Å². The third kappa shape index (κ3) is 4.11. The van der Waals surface area contributed by atoms with Gasteiger partial charge in [-0.25, -0.2) is 0 Å². The molecule has 7 nitrogen and oxygen atoms in total. The van der Waals surface area contributed by atoms with Crippen LogP contribution in [0.2, 0.25) is 0 Å². The molecule has 2 aliphatic carbocycles. The topological polar surface area (TPSA) is 97.3 Å². The first-order valence-electron chi connectivity index (χ1n) is 12.7. The summed E-state index contributed by atoms with van der Waals surface area (Å²) in [4.78, 5) is 12.8. The number of carbonyl (C=O) groups is 1. The van der Waals surface area contributed by atoms with Crippen molar-refractivity contribution in [2.45, 2.75) is 57.0 Å². The van der Waals surface area contributed by atoms with Gasteiger partial charge < -0.3 is 29.6 Å². The first kappa shape index (κ1) is 22.9. The number of benzene rings is 2. The van der Waals surface area contributed by atoms with Crippen LogP contribution in [-0.4, -0.2) is 42.1 Å². The fourth-order valence-corrected chi connectivity index (χ4v) is 7.17. The van der Waals surface area contributed by atoms with E-state index in [4.69, 9.17) is 14.2 Å². The van der Waals surface area contributed by atoms with Crippen molar-refractivity contribution >= 4 is 24.2 Å². The minimum atomic E-state index is -1.43. The summed E-state index contributed by atoms with van der Waals surface area (Å²) in [5.74, 6) is 3.15. The largest absolute Gasteiger partial charge is 0.488 e. The van der Waals surface area contributed by atoms with Gasteiger partial charge in [-0.3, -0.25) is 4.79 Å². The fourth-order valence-electron chi connectivity index (χ4n) is 7.17. The SMILES string of the molecule is C[C@]12CCC3c4ccc(B(O)O)cc4CCC3C1[C@H](CCC(=O)Nc1ccc3c(c1)OCO3)CO2. The van der Waals surface area contributed by atoms with E-state index in [0.29, 0.717) is 53.7 Å². The van der Waals surface area contributed by atoms with E-state index in [0.717, 1.165) is 37.8 Å². The molecule has 6 rings (SSSR count). The molecule has 0 aromatic heterocycles. The number of hydrogen-bond donors (Lipinski definition) is 3. The van der Waals surface area contributed by atoms with Gasteiger partial charge in [0.15, 0.2) is 11.5 Å². The third-order valence-corrected chi connectivity index (χ3v) is 8.78. The lowest BCUT2D eigenvalue weighted by Crippen LogP contribution is -2.47. The summed E-state index contributed by atoms with van der Waals surface area (Å²) in [6, 6.07) is 11.4. The van der Waals surface area contributed by atoms with Crippen LogP contribution in [0.1, 0.15) is 56.1 Å². The second kappa shape index (κ2) is 8.84. The zero-order chi connectivity index (χ0) is 24.2. The van der Waals surface area contributed by atoms with Gasteiger partial charge in [0.05, 0.1) is 12.2 Å². The lowest BCUT2D eigenvalue weighted by Gasteiger charge is -2.49. The van der Waals surface area contributed by atoms with Crippen LogP contribution in [0.25, 0.3) is 0 Å².